The molecule has 0 spiro atoms. The van der Waals surface area contributed by atoms with E-state index < -0.39 is 0 Å². The Kier molecular flexibility index (Phi) is 6.61. The SMILES string of the molecule is Cc1cc2c3c(c1)C(Cc1cc4c(cc1C)C(C)(C)CCC4(C)C)c1cc4c(cc1B3N1c3ccccc3Oc3cccc-2c31)Oc1ccccc1C4(C)C. The van der Waals surface area contributed by atoms with Gasteiger partial charge in [-0.3, -0.25) is 0 Å². The molecule has 1 unspecified atom stereocenters. The van der Waals surface area contributed by atoms with Crippen LogP contribution in [0.2, 0.25) is 0 Å². The Labute approximate surface area is 326 Å². The van der Waals surface area contributed by atoms with Gasteiger partial charge in [-0.2, -0.15) is 0 Å². The number of hydrogen-bond acceptors (Lipinski definition) is 3. The van der Waals surface area contributed by atoms with Gasteiger partial charge in [-0.25, -0.2) is 0 Å². The number of para-hydroxylation sites is 4. The zero-order valence-corrected chi connectivity index (χ0v) is 33.4. The first-order chi connectivity index (χ1) is 26.3. The number of aryl methyl sites for hydroxylation is 2. The Morgan fingerprint density at radius 2 is 1.31 bits per heavy atom. The van der Waals surface area contributed by atoms with Crippen LogP contribution >= 0.6 is 0 Å². The van der Waals surface area contributed by atoms with Crippen LogP contribution in [0.1, 0.15) is 110 Å². The molecule has 6 aromatic rings. The van der Waals surface area contributed by atoms with Gasteiger partial charge in [-0.15, -0.1) is 0 Å². The Morgan fingerprint density at radius 1 is 0.618 bits per heavy atom. The van der Waals surface area contributed by atoms with E-state index >= 15 is 0 Å². The fourth-order valence-electron chi connectivity index (χ4n) is 11.0. The van der Waals surface area contributed by atoms with Crippen molar-refractivity contribution in [3.8, 4) is 34.1 Å². The molecule has 5 aliphatic rings. The van der Waals surface area contributed by atoms with Gasteiger partial charge in [0.2, 0.25) is 0 Å². The van der Waals surface area contributed by atoms with Crippen LogP contribution in [-0.2, 0) is 22.7 Å². The zero-order valence-electron chi connectivity index (χ0n) is 33.4. The van der Waals surface area contributed by atoms with Gasteiger partial charge in [0.25, 0.3) is 0 Å². The molecular formula is C51H48BNO2. The summed E-state index contributed by atoms with van der Waals surface area (Å²) in [5.41, 5.74) is 20.2. The highest BCUT2D eigenvalue weighted by atomic mass is 16.5. The predicted octanol–water partition coefficient (Wildman–Crippen LogP) is 11.8. The van der Waals surface area contributed by atoms with E-state index in [1.807, 2.05) is 0 Å². The lowest BCUT2D eigenvalue weighted by molar-refractivity contribution is 0.331. The quantitative estimate of drug-likeness (QED) is 0.167. The van der Waals surface area contributed by atoms with Crippen LogP contribution in [0.15, 0.2) is 103 Å². The molecule has 0 bridgehead atoms. The molecule has 272 valence electrons. The molecule has 4 heterocycles. The minimum atomic E-state index is -0.225. The molecule has 0 saturated carbocycles. The zero-order chi connectivity index (χ0) is 37.8. The molecule has 4 aliphatic heterocycles. The van der Waals surface area contributed by atoms with E-state index in [2.05, 4.69) is 163 Å². The van der Waals surface area contributed by atoms with E-state index in [-0.39, 0.29) is 29.0 Å². The van der Waals surface area contributed by atoms with Crippen LogP contribution in [0.25, 0.3) is 11.1 Å². The van der Waals surface area contributed by atoms with Crippen molar-refractivity contribution >= 4 is 29.1 Å². The number of fused-ring (bicyclic) bond motifs is 9. The summed E-state index contributed by atoms with van der Waals surface area (Å²) in [5.74, 6) is 3.89. The molecule has 0 amide bonds. The third-order valence-corrected chi connectivity index (χ3v) is 14.2. The van der Waals surface area contributed by atoms with E-state index in [0.717, 1.165) is 40.8 Å². The van der Waals surface area contributed by atoms with E-state index in [1.54, 1.807) is 0 Å². The van der Waals surface area contributed by atoms with Crippen molar-refractivity contribution in [1.82, 2.24) is 0 Å². The van der Waals surface area contributed by atoms with Gasteiger partial charge in [-0.05, 0) is 124 Å². The summed E-state index contributed by atoms with van der Waals surface area (Å²) in [6.07, 6.45) is 3.37. The number of anilines is 2. The Morgan fingerprint density at radius 3 is 2.11 bits per heavy atom. The smallest absolute Gasteiger partial charge is 0.329 e. The molecule has 11 rings (SSSR count). The third-order valence-electron chi connectivity index (χ3n) is 14.2. The third kappa shape index (κ3) is 4.52. The second-order valence-electron chi connectivity index (χ2n) is 18.9. The molecule has 0 radical (unpaired) electrons. The van der Waals surface area contributed by atoms with Crippen LogP contribution < -0.4 is 25.2 Å². The van der Waals surface area contributed by atoms with Crippen molar-refractivity contribution < 1.29 is 9.47 Å². The van der Waals surface area contributed by atoms with Crippen LogP contribution in [0.3, 0.4) is 0 Å². The maximum absolute atomic E-state index is 6.91. The van der Waals surface area contributed by atoms with Gasteiger partial charge in [0.15, 0.2) is 5.75 Å². The summed E-state index contributed by atoms with van der Waals surface area (Å²) in [6.45, 7) is 19.1. The van der Waals surface area contributed by atoms with Gasteiger partial charge in [0, 0.05) is 28.0 Å². The van der Waals surface area contributed by atoms with E-state index in [9.17, 15) is 0 Å². The second kappa shape index (κ2) is 11.0. The molecular weight excluding hydrogens is 669 g/mol. The van der Waals surface area contributed by atoms with Crippen LogP contribution in [0, 0.1) is 13.8 Å². The van der Waals surface area contributed by atoms with Gasteiger partial charge in [-0.1, -0.05) is 120 Å². The molecule has 0 N–H and O–H groups in total. The first kappa shape index (κ1) is 33.2. The minimum absolute atomic E-state index is 0.0471. The highest BCUT2D eigenvalue weighted by Gasteiger charge is 2.49. The van der Waals surface area contributed by atoms with Crippen molar-refractivity contribution in [2.75, 3.05) is 4.81 Å². The van der Waals surface area contributed by atoms with Gasteiger partial charge in [0.05, 0.1) is 11.4 Å². The number of hydrogen-bond donors (Lipinski definition) is 0. The van der Waals surface area contributed by atoms with E-state index in [0.29, 0.717) is 0 Å². The maximum Gasteiger partial charge on any atom is 0.329 e. The fraction of sp³-hybridized carbons (Fsp3) is 0.294. The second-order valence-corrected chi connectivity index (χ2v) is 18.9. The summed E-state index contributed by atoms with van der Waals surface area (Å²) < 4.78 is 13.6. The number of ether oxygens (including phenoxy) is 2. The Bertz CT molecular complexity index is 2670. The molecule has 6 aromatic carbocycles. The first-order valence-corrected chi connectivity index (χ1v) is 20.3. The molecule has 0 fully saturated rings. The van der Waals surface area contributed by atoms with Gasteiger partial charge >= 0.3 is 6.85 Å². The van der Waals surface area contributed by atoms with Crippen molar-refractivity contribution in [3.05, 3.63) is 153 Å². The van der Waals surface area contributed by atoms with Gasteiger partial charge in [0.1, 0.15) is 17.2 Å². The largest absolute Gasteiger partial charge is 0.457 e. The van der Waals surface area contributed by atoms with Crippen LogP contribution in [0.4, 0.5) is 11.4 Å². The average molecular weight is 718 g/mol. The summed E-state index contributed by atoms with van der Waals surface area (Å²) in [7, 11) is 0. The maximum atomic E-state index is 6.91. The molecule has 0 saturated heterocycles. The lowest BCUT2D eigenvalue weighted by atomic mass is 9.39. The summed E-state index contributed by atoms with van der Waals surface area (Å²) >= 11 is 0. The lowest BCUT2D eigenvalue weighted by Gasteiger charge is -2.47. The van der Waals surface area contributed by atoms with Gasteiger partial charge < -0.3 is 14.3 Å². The molecule has 0 aromatic heterocycles. The van der Waals surface area contributed by atoms with Crippen LogP contribution in [0.5, 0.6) is 23.0 Å². The number of rotatable bonds is 2. The van der Waals surface area contributed by atoms with E-state index in [4.69, 9.17) is 9.47 Å². The molecule has 4 heteroatoms. The molecule has 1 aliphatic carbocycles. The topological polar surface area (TPSA) is 21.7 Å². The normalized spacial score (nSPS) is 19.3. The monoisotopic (exact) mass is 717 g/mol. The van der Waals surface area contributed by atoms with Crippen molar-refractivity contribution in [2.45, 2.75) is 96.8 Å². The van der Waals surface area contributed by atoms with Crippen LogP contribution in [-0.4, -0.2) is 6.85 Å². The van der Waals surface area contributed by atoms with E-state index in [1.165, 1.54) is 85.0 Å². The summed E-state index contributed by atoms with van der Waals surface area (Å²) in [4.78, 5) is 2.59. The van der Waals surface area contributed by atoms with Crippen molar-refractivity contribution in [3.63, 3.8) is 0 Å². The highest BCUT2D eigenvalue weighted by molar-refractivity contribution is 6.92. The molecule has 3 nitrogen and oxygen atoms in total. The first-order valence-electron chi connectivity index (χ1n) is 20.3. The predicted molar refractivity (Wildman–Crippen MR) is 227 cm³/mol. The fourth-order valence-corrected chi connectivity index (χ4v) is 11.0. The summed E-state index contributed by atoms with van der Waals surface area (Å²) in [5, 5.41) is 0. The highest BCUT2D eigenvalue weighted by Crippen LogP contribution is 2.56. The number of nitrogens with zero attached hydrogens (tertiary/aromatic N) is 1. The van der Waals surface area contributed by atoms with Crippen molar-refractivity contribution in [1.29, 1.82) is 0 Å². The summed E-state index contributed by atoms with van der Waals surface area (Å²) in [6, 6.07) is 38.8. The number of benzene rings is 6. The molecule has 55 heavy (non-hydrogen) atoms. The standard InChI is InChI=1S/C51H48BNO2/c1-29-22-35-32-14-13-19-45-48(32)53(42-16-10-12-18-44(42)55-45)52-41-28-46-40(51(7,8)37-15-9-11-17-43(37)54-46)27-34(41)33(36(23-29)47(35)52)25-31-26-39-38(24-30(31)2)49(3,4)20-21-50(39,5)6/h9-19,22-24,26-28,33H,20-21,25H2,1-8H3. The molecule has 1 atom stereocenters. The average Bonchev–Trinajstić information content (AvgIpc) is 3.15. The Hall–Kier alpha value is -5.22. The van der Waals surface area contributed by atoms with Crippen molar-refractivity contribution in [2.24, 2.45) is 0 Å². The minimum Gasteiger partial charge on any atom is -0.457 e. The lowest BCUT2D eigenvalue weighted by Crippen LogP contribution is -2.62. The Balaban J connectivity index is 1.20.